The fraction of sp³-hybridized carbons (Fsp3) is 0.143. The lowest BCUT2D eigenvalue weighted by Gasteiger charge is -2.08. The van der Waals surface area contributed by atoms with Crippen molar-refractivity contribution in [1.29, 1.82) is 0 Å². The summed E-state index contributed by atoms with van der Waals surface area (Å²) in [6.07, 6.45) is 0. The Kier molecular flexibility index (Phi) is 3.62. The van der Waals surface area contributed by atoms with Crippen molar-refractivity contribution in [3.8, 4) is 11.5 Å². The Morgan fingerprint density at radius 1 is 1.06 bits per heavy atom. The van der Waals surface area contributed by atoms with Crippen LogP contribution in [0.4, 0.5) is 0 Å². The maximum absolute atomic E-state index is 10.8. The highest BCUT2D eigenvalue weighted by Crippen LogP contribution is 2.30. The average Bonchev–Trinajstić information content (AvgIpc) is 2.13. The molecule has 1 aromatic carbocycles. The van der Waals surface area contributed by atoms with Crippen LogP contribution < -0.4 is 8.92 Å². The number of rotatable bonds is 4. The monoisotopic (exact) mass is 284 g/mol. The predicted molar refractivity (Wildman–Crippen MR) is 55.0 cm³/mol. The van der Waals surface area contributed by atoms with E-state index in [1.54, 1.807) is 0 Å². The van der Waals surface area contributed by atoms with Crippen molar-refractivity contribution in [2.24, 2.45) is 0 Å². The molecule has 0 aliphatic carbocycles. The molecule has 10 heteroatoms. The summed E-state index contributed by atoms with van der Waals surface area (Å²) in [4.78, 5) is -0.600. The SMILES string of the molecule is COc1ccc(S(=O)(=O)O)cc1OS(=O)(=O)O. The smallest absolute Gasteiger partial charge is 0.446 e. The van der Waals surface area contributed by atoms with Gasteiger partial charge in [0.15, 0.2) is 11.5 Å². The van der Waals surface area contributed by atoms with E-state index < -0.39 is 31.2 Å². The topological polar surface area (TPSA) is 127 Å². The van der Waals surface area contributed by atoms with Crippen molar-refractivity contribution in [2.45, 2.75) is 4.90 Å². The van der Waals surface area contributed by atoms with Crippen LogP contribution in [-0.2, 0) is 20.5 Å². The van der Waals surface area contributed by atoms with E-state index in [1.807, 2.05) is 0 Å². The Morgan fingerprint density at radius 3 is 2.06 bits per heavy atom. The van der Waals surface area contributed by atoms with Crippen molar-refractivity contribution in [3.63, 3.8) is 0 Å². The molecule has 0 aliphatic rings. The van der Waals surface area contributed by atoms with E-state index in [0.717, 1.165) is 12.1 Å². The molecule has 0 heterocycles. The summed E-state index contributed by atoms with van der Waals surface area (Å²) in [6, 6.07) is 2.73. The lowest BCUT2D eigenvalue weighted by molar-refractivity contribution is 0.359. The Hall–Kier alpha value is -1.36. The fourth-order valence-corrected chi connectivity index (χ4v) is 1.85. The lowest BCUT2D eigenvalue weighted by Crippen LogP contribution is -2.08. The third kappa shape index (κ3) is 3.85. The highest BCUT2D eigenvalue weighted by atomic mass is 32.3. The van der Waals surface area contributed by atoms with Gasteiger partial charge in [-0.2, -0.15) is 16.8 Å². The van der Waals surface area contributed by atoms with E-state index in [4.69, 9.17) is 9.11 Å². The first kappa shape index (κ1) is 13.7. The van der Waals surface area contributed by atoms with Crippen molar-refractivity contribution in [2.75, 3.05) is 7.11 Å². The van der Waals surface area contributed by atoms with Gasteiger partial charge in [-0.1, -0.05) is 0 Å². The summed E-state index contributed by atoms with van der Waals surface area (Å²) < 4.78 is 68.6. The molecule has 1 rings (SSSR count). The van der Waals surface area contributed by atoms with Gasteiger partial charge in [0.2, 0.25) is 0 Å². The highest BCUT2D eigenvalue weighted by molar-refractivity contribution is 7.85. The molecule has 0 spiro atoms. The van der Waals surface area contributed by atoms with Crippen LogP contribution in [0.5, 0.6) is 11.5 Å². The molecule has 96 valence electrons. The molecule has 0 saturated heterocycles. The molecule has 0 atom stereocenters. The van der Waals surface area contributed by atoms with E-state index in [9.17, 15) is 16.8 Å². The van der Waals surface area contributed by atoms with Gasteiger partial charge in [-0.15, -0.1) is 0 Å². The van der Waals surface area contributed by atoms with Crippen molar-refractivity contribution in [3.05, 3.63) is 18.2 Å². The maximum atomic E-state index is 10.8. The normalized spacial score (nSPS) is 12.2. The van der Waals surface area contributed by atoms with Gasteiger partial charge in [-0.3, -0.25) is 9.11 Å². The van der Waals surface area contributed by atoms with E-state index >= 15 is 0 Å². The number of ether oxygens (including phenoxy) is 1. The zero-order valence-electron chi connectivity index (χ0n) is 8.39. The van der Waals surface area contributed by atoms with Crippen molar-refractivity contribution >= 4 is 20.5 Å². The van der Waals surface area contributed by atoms with Crippen LogP contribution in [-0.4, -0.2) is 33.1 Å². The Balaban J connectivity index is 3.35. The van der Waals surface area contributed by atoms with E-state index in [-0.39, 0.29) is 5.75 Å². The molecule has 2 N–H and O–H groups in total. The number of hydrogen-bond donors (Lipinski definition) is 2. The van der Waals surface area contributed by atoms with Crippen LogP contribution in [0.1, 0.15) is 0 Å². The Labute approximate surface area is 97.5 Å². The van der Waals surface area contributed by atoms with Gasteiger partial charge < -0.3 is 8.92 Å². The molecule has 0 radical (unpaired) electrons. The standard InChI is InChI=1S/C7H8O8S2/c1-14-6-3-2-5(16(8,9)10)4-7(6)15-17(11,12)13/h2-4H,1H3,(H,8,9,10)(H,11,12,13). The summed E-state index contributed by atoms with van der Waals surface area (Å²) in [5.74, 6) is -0.694. The molecule has 0 bridgehead atoms. The van der Waals surface area contributed by atoms with Gasteiger partial charge in [0, 0.05) is 6.07 Å². The Morgan fingerprint density at radius 2 is 1.65 bits per heavy atom. The molecule has 0 amide bonds. The minimum atomic E-state index is -4.83. The summed E-state index contributed by atoms with van der Waals surface area (Å²) in [5, 5.41) is 0. The van der Waals surface area contributed by atoms with E-state index in [1.165, 1.54) is 7.11 Å². The van der Waals surface area contributed by atoms with Crippen LogP contribution in [0, 0.1) is 0 Å². The molecule has 17 heavy (non-hydrogen) atoms. The van der Waals surface area contributed by atoms with Gasteiger partial charge in [0.1, 0.15) is 0 Å². The minimum Gasteiger partial charge on any atom is -0.493 e. The maximum Gasteiger partial charge on any atom is 0.446 e. The second-order valence-electron chi connectivity index (χ2n) is 2.80. The molecule has 0 aliphatic heterocycles. The summed E-state index contributed by atoms with van der Waals surface area (Å²) >= 11 is 0. The Bertz CT molecular complexity index is 615. The summed E-state index contributed by atoms with van der Waals surface area (Å²) in [5.41, 5.74) is 0. The first-order valence-corrected chi connectivity index (χ1v) is 6.76. The van der Waals surface area contributed by atoms with Crippen molar-refractivity contribution < 1.29 is 34.9 Å². The first-order chi connectivity index (χ1) is 7.63. The van der Waals surface area contributed by atoms with E-state index in [2.05, 4.69) is 8.92 Å². The van der Waals surface area contributed by atoms with Crippen LogP contribution in [0.15, 0.2) is 23.1 Å². The van der Waals surface area contributed by atoms with Gasteiger partial charge in [-0.25, -0.2) is 0 Å². The van der Waals surface area contributed by atoms with Crippen LogP contribution >= 0.6 is 0 Å². The number of methoxy groups -OCH3 is 1. The molecule has 0 aromatic heterocycles. The fourth-order valence-electron chi connectivity index (χ4n) is 0.996. The quantitative estimate of drug-likeness (QED) is 0.746. The van der Waals surface area contributed by atoms with Gasteiger partial charge in [-0.05, 0) is 12.1 Å². The summed E-state index contributed by atoms with van der Waals surface area (Å²) in [7, 11) is -8.17. The molecule has 8 nitrogen and oxygen atoms in total. The van der Waals surface area contributed by atoms with Crippen LogP contribution in [0.2, 0.25) is 0 Å². The molecule has 0 fully saturated rings. The third-order valence-corrected chi connectivity index (χ3v) is 2.87. The van der Waals surface area contributed by atoms with Crippen molar-refractivity contribution in [1.82, 2.24) is 0 Å². The third-order valence-electron chi connectivity index (χ3n) is 1.63. The van der Waals surface area contributed by atoms with Gasteiger partial charge in [0.25, 0.3) is 10.1 Å². The van der Waals surface area contributed by atoms with Crippen LogP contribution in [0.3, 0.4) is 0 Å². The van der Waals surface area contributed by atoms with Gasteiger partial charge >= 0.3 is 10.4 Å². The number of hydrogen-bond acceptors (Lipinski definition) is 6. The molecular formula is C7H8O8S2. The highest BCUT2D eigenvalue weighted by Gasteiger charge is 2.17. The lowest BCUT2D eigenvalue weighted by atomic mass is 10.3. The van der Waals surface area contributed by atoms with E-state index in [0.29, 0.717) is 6.07 Å². The van der Waals surface area contributed by atoms with Crippen LogP contribution in [0.25, 0.3) is 0 Å². The molecule has 1 aromatic rings. The first-order valence-electron chi connectivity index (χ1n) is 3.96. The largest absolute Gasteiger partial charge is 0.493 e. The molecule has 0 unspecified atom stereocenters. The second kappa shape index (κ2) is 4.49. The second-order valence-corrected chi connectivity index (χ2v) is 5.24. The minimum absolute atomic E-state index is 0.130. The zero-order chi connectivity index (χ0) is 13.3. The number of benzene rings is 1. The van der Waals surface area contributed by atoms with Gasteiger partial charge in [0.05, 0.1) is 12.0 Å². The zero-order valence-corrected chi connectivity index (χ0v) is 10.0. The molecular weight excluding hydrogens is 276 g/mol. The summed E-state index contributed by atoms with van der Waals surface area (Å²) in [6.45, 7) is 0. The predicted octanol–water partition coefficient (Wildman–Crippen LogP) is 0.123. The average molecular weight is 284 g/mol. The molecule has 0 saturated carbocycles.